The number of sulfone groups is 1. The van der Waals surface area contributed by atoms with Crippen molar-refractivity contribution in [3.63, 3.8) is 0 Å². The van der Waals surface area contributed by atoms with Crippen LogP contribution < -0.4 is 4.74 Å². The molecule has 0 aliphatic rings. The van der Waals surface area contributed by atoms with Gasteiger partial charge >= 0.3 is 0 Å². The molecule has 0 bridgehead atoms. The van der Waals surface area contributed by atoms with E-state index in [-0.39, 0.29) is 4.90 Å². The van der Waals surface area contributed by atoms with Crippen LogP contribution in [0.3, 0.4) is 0 Å². The van der Waals surface area contributed by atoms with Crippen LogP contribution in [0.5, 0.6) is 5.88 Å². The molecule has 8 heteroatoms. The van der Waals surface area contributed by atoms with Gasteiger partial charge in [0.15, 0.2) is 15.5 Å². The van der Waals surface area contributed by atoms with Crippen LogP contribution in [0.4, 0.5) is 0 Å². The highest BCUT2D eigenvalue weighted by atomic mass is 35.5. The van der Waals surface area contributed by atoms with E-state index in [9.17, 15) is 8.42 Å². The van der Waals surface area contributed by atoms with Crippen LogP contribution in [0, 0.1) is 0 Å². The van der Waals surface area contributed by atoms with Gasteiger partial charge in [-0.1, -0.05) is 35.9 Å². The molecule has 0 aliphatic carbocycles. The zero-order valence-electron chi connectivity index (χ0n) is 15.6. The summed E-state index contributed by atoms with van der Waals surface area (Å²) in [6.45, 7) is 0.451. The largest absolute Gasteiger partial charge is 0.476 e. The number of halogens is 1. The SMILES string of the molecule is CS(=O)(=O)c1cccc(-c2cnc3ccc(OCCc4cccc(Cl)c4)nn23)c1. The van der Waals surface area contributed by atoms with Crippen LogP contribution >= 0.6 is 11.6 Å². The smallest absolute Gasteiger partial charge is 0.231 e. The fraction of sp³-hybridized carbons (Fsp3) is 0.143. The molecule has 0 N–H and O–H groups in total. The van der Waals surface area contributed by atoms with E-state index >= 15 is 0 Å². The molecule has 0 radical (unpaired) electrons. The second-order valence-corrected chi connectivity index (χ2v) is 9.07. The number of nitrogens with zero attached hydrogens (tertiary/aromatic N) is 3. The lowest BCUT2D eigenvalue weighted by atomic mass is 10.2. The predicted octanol–water partition coefficient (Wildman–Crippen LogP) is 4.07. The molecule has 4 aromatic rings. The summed E-state index contributed by atoms with van der Waals surface area (Å²) in [7, 11) is -3.30. The first kappa shape index (κ1) is 19.4. The Morgan fingerprint density at radius 2 is 1.90 bits per heavy atom. The molecule has 2 heterocycles. The molecule has 6 nitrogen and oxygen atoms in total. The van der Waals surface area contributed by atoms with Crippen molar-refractivity contribution in [3.8, 4) is 17.1 Å². The third kappa shape index (κ3) is 4.41. The summed E-state index contributed by atoms with van der Waals surface area (Å²) in [6.07, 6.45) is 3.55. The van der Waals surface area contributed by atoms with Crippen LogP contribution in [0.2, 0.25) is 5.02 Å². The molecule has 0 amide bonds. The topological polar surface area (TPSA) is 73.6 Å². The van der Waals surface area contributed by atoms with Crippen molar-refractivity contribution < 1.29 is 13.2 Å². The Morgan fingerprint density at radius 3 is 2.69 bits per heavy atom. The van der Waals surface area contributed by atoms with Crippen molar-refractivity contribution in [3.05, 3.63) is 77.4 Å². The molecule has 0 atom stereocenters. The fourth-order valence-corrected chi connectivity index (χ4v) is 3.86. The standard InChI is InChI=1S/C21H18ClN3O3S/c1-29(26,27)18-7-3-5-16(13-18)19-14-23-20-8-9-21(24-25(19)20)28-11-10-15-4-2-6-17(22)12-15/h2-9,12-14H,10-11H2,1H3. The van der Waals surface area contributed by atoms with Gasteiger partial charge in [0.25, 0.3) is 0 Å². The fourth-order valence-electron chi connectivity index (χ4n) is 2.98. The maximum absolute atomic E-state index is 11.9. The van der Waals surface area contributed by atoms with E-state index < -0.39 is 9.84 Å². The number of imidazole rings is 1. The second kappa shape index (κ2) is 7.85. The highest BCUT2D eigenvalue weighted by molar-refractivity contribution is 7.90. The minimum Gasteiger partial charge on any atom is -0.476 e. The van der Waals surface area contributed by atoms with E-state index in [4.69, 9.17) is 16.3 Å². The maximum Gasteiger partial charge on any atom is 0.231 e. The maximum atomic E-state index is 11.9. The number of hydrogen-bond donors (Lipinski definition) is 0. The average molecular weight is 428 g/mol. The van der Waals surface area contributed by atoms with Gasteiger partial charge in [-0.15, -0.1) is 5.10 Å². The Bertz CT molecular complexity index is 1290. The first-order valence-corrected chi connectivity index (χ1v) is 11.2. The summed E-state index contributed by atoms with van der Waals surface area (Å²) in [5.74, 6) is 0.457. The van der Waals surface area contributed by atoms with Crippen LogP contribution in [0.15, 0.2) is 71.8 Å². The first-order chi connectivity index (χ1) is 13.9. The van der Waals surface area contributed by atoms with Gasteiger partial charge in [0, 0.05) is 29.3 Å². The van der Waals surface area contributed by atoms with Gasteiger partial charge in [0.2, 0.25) is 5.88 Å². The summed E-state index contributed by atoms with van der Waals surface area (Å²) in [6, 6.07) is 17.9. The number of hydrogen-bond acceptors (Lipinski definition) is 5. The number of ether oxygens (including phenoxy) is 1. The molecule has 29 heavy (non-hydrogen) atoms. The number of benzene rings is 2. The zero-order chi connectivity index (χ0) is 20.4. The van der Waals surface area contributed by atoms with Gasteiger partial charge in [0.1, 0.15) is 0 Å². The molecule has 148 valence electrons. The molecule has 2 aromatic carbocycles. The lowest BCUT2D eigenvalue weighted by Gasteiger charge is -2.08. The highest BCUT2D eigenvalue weighted by Crippen LogP contribution is 2.24. The van der Waals surface area contributed by atoms with Crippen molar-refractivity contribution in [2.24, 2.45) is 0 Å². The van der Waals surface area contributed by atoms with E-state index in [0.29, 0.717) is 40.8 Å². The Kier molecular flexibility index (Phi) is 5.25. The minimum absolute atomic E-state index is 0.249. The summed E-state index contributed by atoms with van der Waals surface area (Å²) < 4.78 is 31.2. The lowest BCUT2D eigenvalue weighted by molar-refractivity contribution is 0.305. The average Bonchev–Trinajstić information content (AvgIpc) is 3.11. The second-order valence-electron chi connectivity index (χ2n) is 6.61. The molecular formula is C21H18ClN3O3S. The highest BCUT2D eigenvalue weighted by Gasteiger charge is 2.12. The quantitative estimate of drug-likeness (QED) is 0.463. The van der Waals surface area contributed by atoms with Crippen molar-refractivity contribution in [1.82, 2.24) is 14.6 Å². The molecule has 2 aromatic heterocycles. The van der Waals surface area contributed by atoms with E-state index in [1.165, 1.54) is 6.26 Å². The molecule has 4 rings (SSSR count). The van der Waals surface area contributed by atoms with E-state index in [0.717, 1.165) is 5.56 Å². The molecule has 0 saturated carbocycles. The number of aromatic nitrogens is 3. The van der Waals surface area contributed by atoms with E-state index in [1.54, 1.807) is 35.0 Å². The third-order valence-corrected chi connectivity index (χ3v) is 5.77. The van der Waals surface area contributed by atoms with Gasteiger partial charge < -0.3 is 4.74 Å². The zero-order valence-corrected chi connectivity index (χ0v) is 17.2. The van der Waals surface area contributed by atoms with Crippen LogP contribution in [0.25, 0.3) is 16.9 Å². The van der Waals surface area contributed by atoms with Crippen LogP contribution in [-0.4, -0.2) is 35.9 Å². The van der Waals surface area contributed by atoms with Crippen molar-refractivity contribution in [2.75, 3.05) is 12.9 Å². The molecule has 0 fully saturated rings. The monoisotopic (exact) mass is 427 g/mol. The molecule has 0 spiro atoms. The normalized spacial score (nSPS) is 11.7. The Hall–Kier alpha value is -2.90. The molecule has 0 saturated heterocycles. The summed E-state index contributed by atoms with van der Waals surface area (Å²) in [5.41, 5.74) is 3.13. The predicted molar refractivity (Wildman–Crippen MR) is 112 cm³/mol. The molecule has 0 unspecified atom stereocenters. The van der Waals surface area contributed by atoms with Crippen LogP contribution in [-0.2, 0) is 16.3 Å². The van der Waals surface area contributed by atoms with Gasteiger partial charge in [-0.25, -0.2) is 17.9 Å². The van der Waals surface area contributed by atoms with Crippen molar-refractivity contribution >= 4 is 27.1 Å². The number of rotatable bonds is 6. The van der Waals surface area contributed by atoms with Gasteiger partial charge in [0.05, 0.1) is 23.4 Å². The lowest BCUT2D eigenvalue weighted by Crippen LogP contribution is -2.05. The van der Waals surface area contributed by atoms with Gasteiger partial charge in [-0.2, -0.15) is 0 Å². The minimum atomic E-state index is -3.30. The molecular weight excluding hydrogens is 410 g/mol. The molecule has 0 aliphatic heterocycles. The Labute approximate surface area is 173 Å². The van der Waals surface area contributed by atoms with Crippen molar-refractivity contribution in [2.45, 2.75) is 11.3 Å². The summed E-state index contributed by atoms with van der Waals surface area (Å²) in [4.78, 5) is 4.60. The Balaban J connectivity index is 1.58. The summed E-state index contributed by atoms with van der Waals surface area (Å²) >= 11 is 6.01. The van der Waals surface area contributed by atoms with E-state index in [2.05, 4.69) is 10.1 Å². The van der Waals surface area contributed by atoms with Crippen LogP contribution in [0.1, 0.15) is 5.56 Å². The third-order valence-electron chi connectivity index (χ3n) is 4.43. The Morgan fingerprint density at radius 1 is 1.07 bits per heavy atom. The number of fused-ring (bicyclic) bond motifs is 1. The summed E-state index contributed by atoms with van der Waals surface area (Å²) in [5, 5.41) is 5.20. The van der Waals surface area contributed by atoms with E-state index in [1.807, 2.05) is 36.4 Å². The first-order valence-electron chi connectivity index (χ1n) is 8.93. The van der Waals surface area contributed by atoms with Gasteiger partial charge in [-0.3, -0.25) is 0 Å². The van der Waals surface area contributed by atoms with Crippen molar-refractivity contribution in [1.29, 1.82) is 0 Å². The van der Waals surface area contributed by atoms with Gasteiger partial charge in [-0.05, 0) is 35.9 Å².